The minimum atomic E-state index is -1.07. The van der Waals surface area contributed by atoms with Crippen molar-refractivity contribution in [1.29, 1.82) is 0 Å². The normalized spacial score (nSPS) is 12.4. The molecule has 1 aromatic rings. The highest BCUT2D eigenvalue weighted by molar-refractivity contribution is 5.94. The molecule has 1 amide bonds. The quantitative estimate of drug-likeness (QED) is 0.706. The third kappa shape index (κ3) is 6.41. The van der Waals surface area contributed by atoms with E-state index in [9.17, 15) is 9.59 Å². The molecular weight excluding hydrogens is 284 g/mol. The molecule has 1 atom stereocenters. The third-order valence-corrected chi connectivity index (χ3v) is 2.86. The van der Waals surface area contributed by atoms with Gasteiger partial charge in [0.05, 0.1) is 0 Å². The van der Waals surface area contributed by atoms with Crippen LogP contribution in [0.3, 0.4) is 0 Å². The zero-order valence-electron chi connectivity index (χ0n) is 13.1. The zero-order valence-corrected chi connectivity index (χ0v) is 13.1. The predicted octanol–water partition coefficient (Wildman–Crippen LogP) is 1.23. The fraction of sp³-hybridized carbons (Fsp3) is 0.375. The van der Waals surface area contributed by atoms with E-state index < -0.39 is 17.9 Å². The molecule has 0 aliphatic heterocycles. The monoisotopic (exact) mass is 306 g/mol. The van der Waals surface area contributed by atoms with Crippen LogP contribution in [0.25, 0.3) is 6.08 Å². The van der Waals surface area contributed by atoms with Crippen molar-refractivity contribution in [3.8, 4) is 5.75 Å². The minimum absolute atomic E-state index is 0.460. The summed E-state index contributed by atoms with van der Waals surface area (Å²) in [5, 5.41) is 11.1. The number of nitrogens with zero attached hydrogens (tertiary/aromatic N) is 1. The van der Waals surface area contributed by atoms with Gasteiger partial charge in [-0.1, -0.05) is 18.2 Å². The minimum Gasteiger partial charge on any atom is -0.492 e. The van der Waals surface area contributed by atoms with Crippen LogP contribution in [-0.2, 0) is 9.59 Å². The van der Waals surface area contributed by atoms with Crippen molar-refractivity contribution in [1.82, 2.24) is 10.2 Å². The Morgan fingerprint density at radius 2 is 2.05 bits per heavy atom. The van der Waals surface area contributed by atoms with Gasteiger partial charge in [-0.15, -0.1) is 0 Å². The molecule has 6 nitrogen and oxygen atoms in total. The Morgan fingerprint density at radius 1 is 1.36 bits per heavy atom. The summed E-state index contributed by atoms with van der Waals surface area (Å²) >= 11 is 0. The number of nitrogens with one attached hydrogen (secondary N) is 1. The lowest BCUT2D eigenvalue weighted by atomic mass is 10.2. The zero-order chi connectivity index (χ0) is 16.5. The molecule has 6 heteroatoms. The summed E-state index contributed by atoms with van der Waals surface area (Å²) in [5.41, 5.74) is 0.763. The molecule has 0 saturated carbocycles. The fourth-order valence-corrected chi connectivity index (χ4v) is 1.58. The van der Waals surface area contributed by atoms with Crippen molar-refractivity contribution in [2.24, 2.45) is 0 Å². The summed E-state index contributed by atoms with van der Waals surface area (Å²) in [6, 6.07) is 6.43. The number of hydrogen-bond donors (Lipinski definition) is 2. The first kappa shape index (κ1) is 17.7. The van der Waals surface area contributed by atoms with E-state index in [1.165, 1.54) is 13.0 Å². The van der Waals surface area contributed by atoms with Crippen LogP contribution >= 0.6 is 0 Å². The average molecular weight is 306 g/mol. The Morgan fingerprint density at radius 3 is 2.68 bits per heavy atom. The van der Waals surface area contributed by atoms with Gasteiger partial charge < -0.3 is 20.1 Å². The van der Waals surface area contributed by atoms with Crippen molar-refractivity contribution in [2.45, 2.75) is 13.0 Å². The van der Waals surface area contributed by atoms with Gasteiger partial charge >= 0.3 is 5.97 Å². The van der Waals surface area contributed by atoms with Crippen LogP contribution in [0.2, 0.25) is 0 Å². The first-order valence-electron chi connectivity index (χ1n) is 6.98. The number of carboxylic acid groups (broad SMARTS) is 1. The smallest absolute Gasteiger partial charge is 0.325 e. The molecule has 0 aliphatic rings. The molecule has 0 heterocycles. The number of carbonyl (C=O) groups is 2. The fourth-order valence-electron chi connectivity index (χ4n) is 1.58. The number of para-hydroxylation sites is 1. The molecule has 0 fully saturated rings. The molecule has 0 saturated heterocycles. The van der Waals surface area contributed by atoms with Gasteiger partial charge in [0, 0.05) is 18.2 Å². The molecule has 22 heavy (non-hydrogen) atoms. The van der Waals surface area contributed by atoms with Gasteiger partial charge in [0.2, 0.25) is 5.91 Å². The Hall–Kier alpha value is -2.34. The van der Waals surface area contributed by atoms with Crippen molar-refractivity contribution in [2.75, 3.05) is 27.2 Å². The number of benzene rings is 1. The van der Waals surface area contributed by atoms with E-state index in [-0.39, 0.29) is 0 Å². The second kappa shape index (κ2) is 8.84. The first-order chi connectivity index (χ1) is 10.4. The summed E-state index contributed by atoms with van der Waals surface area (Å²) < 4.78 is 5.68. The highest BCUT2D eigenvalue weighted by atomic mass is 16.5. The second-order valence-corrected chi connectivity index (χ2v) is 5.09. The topological polar surface area (TPSA) is 78.9 Å². The largest absolute Gasteiger partial charge is 0.492 e. The van der Waals surface area contributed by atoms with Crippen LogP contribution < -0.4 is 10.1 Å². The lowest BCUT2D eigenvalue weighted by Gasteiger charge is -2.12. The van der Waals surface area contributed by atoms with Crippen LogP contribution in [0.1, 0.15) is 12.5 Å². The summed E-state index contributed by atoms with van der Waals surface area (Å²) in [6.07, 6.45) is 2.91. The average Bonchev–Trinajstić information content (AvgIpc) is 2.45. The maximum Gasteiger partial charge on any atom is 0.325 e. The standard InChI is InChI=1S/C16H22N2O4/c1-12(16(20)21)17-15(19)9-8-13-6-4-5-7-14(13)22-11-10-18(2)3/h4-9,12H,10-11H2,1-3H3,(H,17,19)(H,20,21)/b9-8+. The lowest BCUT2D eigenvalue weighted by molar-refractivity contribution is -0.140. The predicted molar refractivity (Wildman–Crippen MR) is 84.8 cm³/mol. The summed E-state index contributed by atoms with van der Waals surface area (Å²) in [4.78, 5) is 24.3. The Bertz CT molecular complexity index is 541. The Balaban J connectivity index is 2.66. The Kier molecular flexibility index (Phi) is 7.12. The van der Waals surface area contributed by atoms with Gasteiger partial charge in [-0.25, -0.2) is 0 Å². The molecule has 1 aromatic carbocycles. The van der Waals surface area contributed by atoms with Crippen LogP contribution in [0.4, 0.5) is 0 Å². The second-order valence-electron chi connectivity index (χ2n) is 5.09. The summed E-state index contributed by atoms with van der Waals surface area (Å²) in [7, 11) is 3.92. The number of likely N-dealkylation sites (N-methyl/N-ethyl adjacent to an activating group) is 1. The number of ether oxygens (including phenoxy) is 1. The number of aliphatic carboxylic acids is 1. The SMILES string of the molecule is CC(NC(=O)/C=C/c1ccccc1OCCN(C)C)C(=O)O. The molecule has 0 spiro atoms. The number of hydrogen-bond acceptors (Lipinski definition) is 4. The number of rotatable bonds is 8. The highest BCUT2D eigenvalue weighted by Crippen LogP contribution is 2.19. The van der Waals surface area contributed by atoms with Gasteiger partial charge in [-0.2, -0.15) is 0 Å². The maximum absolute atomic E-state index is 11.6. The molecular formula is C16H22N2O4. The first-order valence-corrected chi connectivity index (χ1v) is 6.98. The molecule has 0 bridgehead atoms. The van der Waals surface area contributed by atoms with E-state index in [1.807, 2.05) is 43.3 Å². The van der Waals surface area contributed by atoms with E-state index in [2.05, 4.69) is 5.32 Å². The van der Waals surface area contributed by atoms with Crippen LogP contribution in [0.15, 0.2) is 30.3 Å². The third-order valence-electron chi connectivity index (χ3n) is 2.86. The van der Waals surface area contributed by atoms with E-state index in [4.69, 9.17) is 9.84 Å². The van der Waals surface area contributed by atoms with Gasteiger partial charge in [-0.05, 0) is 33.2 Å². The number of carboxylic acids is 1. The molecule has 0 aromatic heterocycles. The van der Waals surface area contributed by atoms with E-state index in [0.29, 0.717) is 12.4 Å². The van der Waals surface area contributed by atoms with Crippen LogP contribution in [0, 0.1) is 0 Å². The molecule has 0 radical (unpaired) electrons. The number of amides is 1. The Labute approximate surface area is 130 Å². The van der Waals surface area contributed by atoms with Crippen LogP contribution in [0.5, 0.6) is 5.75 Å². The van der Waals surface area contributed by atoms with E-state index >= 15 is 0 Å². The molecule has 0 aliphatic carbocycles. The van der Waals surface area contributed by atoms with Gasteiger partial charge in [0.1, 0.15) is 18.4 Å². The molecule has 120 valence electrons. The molecule has 2 N–H and O–H groups in total. The molecule has 1 rings (SSSR count). The van der Waals surface area contributed by atoms with E-state index in [1.54, 1.807) is 6.08 Å². The van der Waals surface area contributed by atoms with E-state index in [0.717, 1.165) is 12.1 Å². The number of carbonyl (C=O) groups excluding carboxylic acids is 1. The van der Waals surface area contributed by atoms with Crippen LogP contribution in [-0.4, -0.2) is 55.2 Å². The lowest BCUT2D eigenvalue weighted by Crippen LogP contribution is -2.37. The summed E-state index contributed by atoms with van der Waals surface area (Å²) in [5.74, 6) is -0.855. The van der Waals surface area contributed by atoms with Crippen molar-refractivity contribution < 1.29 is 19.4 Å². The maximum atomic E-state index is 11.6. The van der Waals surface area contributed by atoms with Crippen molar-refractivity contribution >= 4 is 18.0 Å². The van der Waals surface area contributed by atoms with Gasteiger partial charge in [0.25, 0.3) is 0 Å². The molecule has 1 unspecified atom stereocenters. The summed E-state index contributed by atoms with van der Waals surface area (Å²) in [6.45, 7) is 2.74. The van der Waals surface area contributed by atoms with Crippen molar-refractivity contribution in [3.05, 3.63) is 35.9 Å². The van der Waals surface area contributed by atoms with Gasteiger partial charge in [-0.3, -0.25) is 9.59 Å². The highest BCUT2D eigenvalue weighted by Gasteiger charge is 2.11. The van der Waals surface area contributed by atoms with Gasteiger partial charge in [0.15, 0.2) is 0 Å². The van der Waals surface area contributed by atoms with Crippen molar-refractivity contribution in [3.63, 3.8) is 0 Å².